The van der Waals surface area contributed by atoms with Gasteiger partial charge in [-0.25, -0.2) is 13.2 Å². The third-order valence-corrected chi connectivity index (χ3v) is 3.86. The molecule has 1 N–H and O–H groups in total. The molecule has 0 fully saturated rings. The Bertz CT molecular complexity index is 613. The Labute approximate surface area is 98.3 Å². The number of carboxylic acids is 1. The van der Waals surface area contributed by atoms with E-state index in [2.05, 4.69) is 0 Å². The second-order valence-corrected chi connectivity index (χ2v) is 5.24. The number of carboxylic acid groups (broad SMARTS) is 1. The molecule has 17 heavy (non-hydrogen) atoms. The number of hydrogen-bond acceptors (Lipinski definition) is 4. The number of sulfone groups is 1. The van der Waals surface area contributed by atoms with Crippen molar-refractivity contribution < 1.29 is 23.1 Å². The van der Waals surface area contributed by atoms with E-state index in [1.54, 1.807) is 6.92 Å². The monoisotopic (exact) mass is 254 g/mol. The van der Waals surface area contributed by atoms with Gasteiger partial charge in [0.15, 0.2) is 0 Å². The molecule has 1 aromatic rings. The first-order valence-electron chi connectivity index (χ1n) is 4.93. The summed E-state index contributed by atoms with van der Waals surface area (Å²) in [6.07, 6.45) is 1.36. The molecule has 0 radical (unpaired) electrons. The summed E-state index contributed by atoms with van der Waals surface area (Å²) in [6.45, 7) is 1.98. The molecule has 1 aromatic carbocycles. The fraction of sp³-hybridized carbons (Fsp3) is 0.182. The summed E-state index contributed by atoms with van der Waals surface area (Å²) in [7, 11) is -3.44. The molecule has 2 rings (SSSR count). The predicted molar refractivity (Wildman–Crippen MR) is 60.8 cm³/mol. The van der Waals surface area contributed by atoms with Gasteiger partial charge in [0.1, 0.15) is 11.3 Å². The van der Waals surface area contributed by atoms with Gasteiger partial charge in [0.25, 0.3) is 0 Å². The van der Waals surface area contributed by atoms with Crippen LogP contribution in [0.3, 0.4) is 0 Å². The van der Waals surface area contributed by atoms with Crippen LogP contribution in [-0.2, 0) is 9.84 Å². The fourth-order valence-electron chi connectivity index (χ4n) is 1.69. The molecular weight excluding hydrogens is 244 g/mol. The van der Waals surface area contributed by atoms with Crippen LogP contribution in [0, 0.1) is 0 Å². The predicted octanol–water partition coefficient (Wildman–Crippen LogP) is 1.54. The van der Waals surface area contributed by atoms with Gasteiger partial charge in [-0.2, -0.15) is 0 Å². The van der Waals surface area contributed by atoms with Crippen LogP contribution >= 0.6 is 0 Å². The molecule has 1 aliphatic heterocycles. The second kappa shape index (κ2) is 3.89. The molecule has 0 aliphatic carbocycles. The second-order valence-electron chi connectivity index (χ2n) is 3.44. The van der Waals surface area contributed by atoms with E-state index >= 15 is 0 Å². The van der Waals surface area contributed by atoms with Gasteiger partial charge in [-0.05, 0) is 25.1 Å². The number of ether oxygens (including phenoxy) is 1. The van der Waals surface area contributed by atoms with E-state index in [0.717, 1.165) is 5.41 Å². The van der Waals surface area contributed by atoms with Crippen LogP contribution in [0.25, 0.3) is 6.08 Å². The zero-order valence-corrected chi connectivity index (χ0v) is 9.82. The number of fused-ring (bicyclic) bond motifs is 1. The molecule has 0 spiro atoms. The van der Waals surface area contributed by atoms with Crippen molar-refractivity contribution in [3.05, 3.63) is 28.7 Å². The molecule has 0 bridgehead atoms. The van der Waals surface area contributed by atoms with E-state index < -0.39 is 15.8 Å². The highest BCUT2D eigenvalue weighted by molar-refractivity contribution is 7.94. The SMILES string of the molecule is CCOc1c(C(=O)O)ccc2c1C=CS2(=O)=O. The van der Waals surface area contributed by atoms with Crippen molar-refractivity contribution in [3.63, 3.8) is 0 Å². The Balaban J connectivity index is 2.73. The number of rotatable bonds is 3. The van der Waals surface area contributed by atoms with Crippen LogP contribution in [0.5, 0.6) is 5.75 Å². The molecule has 1 aliphatic rings. The minimum Gasteiger partial charge on any atom is -0.492 e. The number of hydrogen-bond donors (Lipinski definition) is 1. The molecular formula is C11H10O5S. The summed E-state index contributed by atoms with van der Waals surface area (Å²) in [5.74, 6) is -1.04. The van der Waals surface area contributed by atoms with Crippen molar-refractivity contribution in [2.24, 2.45) is 0 Å². The van der Waals surface area contributed by atoms with Crippen LogP contribution in [0.4, 0.5) is 0 Å². The zero-order chi connectivity index (χ0) is 12.6. The molecule has 0 unspecified atom stereocenters. The molecule has 5 nitrogen and oxygen atoms in total. The van der Waals surface area contributed by atoms with E-state index in [4.69, 9.17) is 9.84 Å². The zero-order valence-electron chi connectivity index (χ0n) is 9.00. The van der Waals surface area contributed by atoms with E-state index in [1.807, 2.05) is 0 Å². The summed E-state index contributed by atoms with van der Waals surface area (Å²) >= 11 is 0. The van der Waals surface area contributed by atoms with Crippen LogP contribution < -0.4 is 4.74 Å². The van der Waals surface area contributed by atoms with Crippen LogP contribution in [0.2, 0.25) is 0 Å². The molecule has 0 atom stereocenters. The lowest BCUT2D eigenvalue weighted by Crippen LogP contribution is -2.06. The summed E-state index contributed by atoms with van der Waals surface area (Å²) in [4.78, 5) is 11.1. The van der Waals surface area contributed by atoms with Crippen molar-refractivity contribution in [2.45, 2.75) is 11.8 Å². The largest absolute Gasteiger partial charge is 0.492 e. The molecule has 90 valence electrons. The first-order valence-corrected chi connectivity index (χ1v) is 6.48. The van der Waals surface area contributed by atoms with Gasteiger partial charge in [-0.15, -0.1) is 0 Å². The summed E-state index contributed by atoms with van der Waals surface area (Å²) in [5.41, 5.74) is 0.277. The minimum atomic E-state index is -3.44. The van der Waals surface area contributed by atoms with Gasteiger partial charge in [0, 0.05) is 11.0 Å². The lowest BCUT2D eigenvalue weighted by Gasteiger charge is -2.11. The highest BCUT2D eigenvalue weighted by atomic mass is 32.2. The Morgan fingerprint density at radius 2 is 2.12 bits per heavy atom. The standard InChI is InChI=1S/C11H10O5S/c1-2-16-10-7-5-6-17(14,15)9(7)4-3-8(10)11(12)13/h3-6H,2H2,1H3,(H,12,13). The molecule has 0 saturated heterocycles. The number of aromatic carboxylic acids is 1. The van der Waals surface area contributed by atoms with Crippen LogP contribution in [-0.4, -0.2) is 26.1 Å². The van der Waals surface area contributed by atoms with E-state index in [-0.39, 0.29) is 22.8 Å². The minimum absolute atomic E-state index is 0.0349. The van der Waals surface area contributed by atoms with Gasteiger partial charge in [0.05, 0.1) is 11.5 Å². The Kier molecular flexibility index (Phi) is 2.66. The summed E-state index contributed by atoms with van der Waals surface area (Å²) in [6, 6.07) is 2.54. The van der Waals surface area contributed by atoms with Crippen LogP contribution in [0.1, 0.15) is 22.8 Å². The maximum atomic E-state index is 11.6. The Hall–Kier alpha value is -1.82. The maximum Gasteiger partial charge on any atom is 0.339 e. The van der Waals surface area contributed by atoms with Gasteiger partial charge in [-0.1, -0.05) is 0 Å². The van der Waals surface area contributed by atoms with Gasteiger partial charge < -0.3 is 9.84 Å². The van der Waals surface area contributed by atoms with Crippen molar-refractivity contribution in [2.75, 3.05) is 6.61 Å². The van der Waals surface area contributed by atoms with Gasteiger partial charge >= 0.3 is 5.97 Å². The van der Waals surface area contributed by atoms with Crippen molar-refractivity contribution in [3.8, 4) is 5.75 Å². The molecule has 1 heterocycles. The maximum absolute atomic E-state index is 11.6. The third-order valence-electron chi connectivity index (χ3n) is 2.40. The molecule has 0 saturated carbocycles. The van der Waals surface area contributed by atoms with Gasteiger partial charge in [0.2, 0.25) is 9.84 Å². The highest BCUT2D eigenvalue weighted by Crippen LogP contribution is 2.36. The molecule has 0 aromatic heterocycles. The Morgan fingerprint density at radius 3 is 2.71 bits per heavy atom. The smallest absolute Gasteiger partial charge is 0.339 e. The van der Waals surface area contributed by atoms with Crippen molar-refractivity contribution in [1.29, 1.82) is 0 Å². The first kappa shape index (κ1) is 11.7. The third kappa shape index (κ3) is 1.80. The first-order chi connectivity index (χ1) is 7.97. The van der Waals surface area contributed by atoms with Crippen molar-refractivity contribution >= 4 is 21.9 Å². The van der Waals surface area contributed by atoms with E-state index in [0.29, 0.717) is 5.56 Å². The van der Waals surface area contributed by atoms with Crippen molar-refractivity contribution in [1.82, 2.24) is 0 Å². The number of carbonyl (C=O) groups is 1. The quantitative estimate of drug-likeness (QED) is 0.884. The lowest BCUT2D eigenvalue weighted by molar-refractivity contribution is 0.0692. The summed E-state index contributed by atoms with van der Waals surface area (Å²) < 4.78 is 28.4. The average molecular weight is 254 g/mol. The van der Waals surface area contributed by atoms with Crippen LogP contribution in [0.15, 0.2) is 22.4 Å². The fourth-order valence-corrected chi connectivity index (χ4v) is 2.87. The topological polar surface area (TPSA) is 80.7 Å². The highest BCUT2D eigenvalue weighted by Gasteiger charge is 2.27. The molecule has 6 heteroatoms. The number of benzene rings is 1. The van der Waals surface area contributed by atoms with E-state index in [9.17, 15) is 13.2 Å². The normalized spacial score (nSPS) is 15.6. The average Bonchev–Trinajstić information content (AvgIpc) is 2.56. The lowest BCUT2D eigenvalue weighted by atomic mass is 10.1. The van der Waals surface area contributed by atoms with Gasteiger partial charge in [-0.3, -0.25) is 0 Å². The van der Waals surface area contributed by atoms with E-state index in [1.165, 1.54) is 18.2 Å². The summed E-state index contributed by atoms with van der Waals surface area (Å²) in [5, 5.41) is 10.0. The Morgan fingerprint density at radius 1 is 1.41 bits per heavy atom. The molecule has 0 amide bonds.